The van der Waals surface area contributed by atoms with Crippen LogP contribution in [0.5, 0.6) is 0 Å². The summed E-state index contributed by atoms with van der Waals surface area (Å²) >= 11 is 0. The van der Waals surface area contributed by atoms with Crippen LogP contribution >= 0.6 is 0 Å². The Bertz CT molecular complexity index is 573. The molecule has 1 aliphatic carbocycles. The SMILES string of the molecule is Nc1ccc2oc(NC3(CO)CCCCC3)nc2c1. The molecule has 102 valence electrons. The Labute approximate surface area is 111 Å². The standard InChI is InChI=1S/C14H19N3O2/c15-10-4-5-12-11(8-10)16-13(19-12)17-14(9-18)6-2-1-3-7-14/h4-5,8,18H,1-3,6-7,9,15H2,(H,16,17). The molecule has 19 heavy (non-hydrogen) atoms. The Morgan fingerprint density at radius 3 is 2.84 bits per heavy atom. The topological polar surface area (TPSA) is 84.3 Å². The zero-order valence-corrected chi connectivity index (χ0v) is 10.9. The summed E-state index contributed by atoms with van der Waals surface area (Å²) in [5, 5.41) is 13.0. The zero-order valence-electron chi connectivity index (χ0n) is 10.9. The summed E-state index contributed by atoms with van der Waals surface area (Å²) in [6, 6.07) is 5.86. The van der Waals surface area contributed by atoms with Gasteiger partial charge in [-0.3, -0.25) is 0 Å². The molecule has 1 aromatic carbocycles. The van der Waals surface area contributed by atoms with Gasteiger partial charge in [-0.05, 0) is 31.0 Å². The van der Waals surface area contributed by atoms with Gasteiger partial charge in [-0.1, -0.05) is 19.3 Å². The van der Waals surface area contributed by atoms with Gasteiger partial charge in [-0.2, -0.15) is 4.98 Å². The number of aliphatic hydroxyl groups is 1. The Kier molecular flexibility index (Phi) is 3.06. The number of rotatable bonds is 3. The van der Waals surface area contributed by atoms with Crippen molar-refractivity contribution in [2.45, 2.75) is 37.6 Å². The van der Waals surface area contributed by atoms with Crippen molar-refractivity contribution in [3.63, 3.8) is 0 Å². The molecule has 0 unspecified atom stereocenters. The van der Waals surface area contributed by atoms with E-state index < -0.39 is 0 Å². The molecule has 5 nitrogen and oxygen atoms in total. The second kappa shape index (κ2) is 4.74. The molecular weight excluding hydrogens is 242 g/mol. The van der Waals surface area contributed by atoms with Crippen LogP contribution in [-0.2, 0) is 0 Å². The lowest BCUT2D eigenvalue weighted by atomic mass is 9.82. The van der Waals surface area contributed by atoms with E-state index in [0.717, 1.165) is 31.2 Å². The number of oxazole rings is 1. The second-order valence-electron chi connectivity index (χ2n) is 5.37. The van der Waals surface area contributed by atoms with Crippen molar-refractivity contribution >= 4 is 22.8 Å². The minimum atomic E-state index is -0.287. The van der Waals surface area contributed by atoms with Crippen molar-refractivity contribution in [1.82, 2.24) is 4.98 Å². The van der Waals surface area contributed by atoms with Crippen LogP contribution in [0.3, 0.4) is 0 Å². The average Bonchev–Trinajstić information content (AvgIpc) is 2.81. The molecule has 0 spiro atoms. The quantitative estimate of drug-likeness (QED) is 0.739. The smallest absolute Gasteiger partial charge is 0.296 e. The van der Waals surface area contributed by atoms with Crippen LogP contribution in [-0.4, -0.2) is 22.2 Å². The van der Waals surface area contributed by atoms with E-state index in [-0.39, 0.29) is 12.1 Å². The molecule has 1 fully saturated rings. The number of nitrogens with two attached hydrogens (primary N) is 1. The average molecular weight is 261 g/mol. The van der Waals surface area contributed by atoms with Gasteiger partial charge in [-0.25, -0.2) is 0 Å². The van der Waals surface area contributed by atoms with Crippen LogP contribution in [0.15, 0.2) is 22.6 Å². The summed E-state index contributed by atoms with van der Waals surface area (Å²) in [7, 11) is 0. The number of nitrogens with zero attached hydrogens (tertiary/aromatic N) is 1. The number of nitrogen functional groups attached to an aromatic ring is 1. The van der Waals surface area contributed by atoms with Crippen LogP contribution in [0.25, 0.3) is 11.1 Å². The molecule has 4 N–H and O–H groups in total. The molecule has 5 heteroatoms. The number of hydrogen-bond acceptors (Lipinski definition) is 5. The Hall–Kier alpha value is -1.75. The molecular formula is C14H19N3O2. The first-order valence-electron chi connectivity index (χ1n) is 6.76. The molecule has 3 rings (SSSR count). The van der Waals surface area contributed by atoms with Gasteiger partial charge in [0.2, 0.25) is 0 Å². The van der Waals surface area contributed by atoms with Crippen LogP contribution in [0.1, 0.15) is 32.1 Å². The molecule has 0 amide bonds. The van der Waals surface area contributed by atoms with Gasteiger partial charge in [0.05, 0.1) is 12.1 Å². The maximum absolute atomic E-state index is 9.67. The van der Waals surface area contributed by atoms with Crippen LogP contribution in [0, 0.1) is 0 Å². The van der Waals surface area contributed by atoms with E-state index >= 15 is 0 Å². The molecule has 1 aliphatic rings. The van der Waals surface area contributed by atoms with E-state index in [2.05, 4.69) is 10.3 Å². The third-order valence-corrected chi connectivity index (χ3v) is 3.90. The number of fused-ring (bicyclic) bond motifs is 1. The fourth-order valence-corrected chi connectivity index (χ4v) is 2.78. The second-order valence-corrected chi connectivity index (χ2v) is 5.37. The molecule has 0 atom stereocenters. The van der Waals surface area contributed by atoms with Crippen molar-refractivity contribution in [1.29, 1.82) is 0 Å². The lowest BCUT2D eigenvalue weighted by molar-refractivity contribution is 0.170. The van der Waals surface area contributed by atoms with Crippen molar-refractivity contribution in [3.8, 4) is 0 Å². The molecule has 1 saturated carbocycles. The number of benzene rings is 1. The van der Waals surface area contributed by atoms with Crippen molar-refractivity contribution in [2.24, 2.45) is 0 Å². The number of anilines is 2. The number of nitrogens with one attached hydrogen (secondary N) is 1. The van der Waals surface area contributed by atoms with E-state index in [1.54, 1.807) is 12.1 Å². The zero-order chi connectivity index (χ0) is 13.3. The Balaban J connectivity index is 1.87. The van der Waals surface area contributed by atoms with Gasteiger partial charge in [0.1, 0.15) is 5.52 Å². The summed E-state index contributed by atoms with van der Waals surface area (Å²) in [4.78, 5) is 4.39. The number of aromatic nitrogens is 1. The monoisotopic (exact) mass is 261 g/mol. The molecule has 1 heterocycles. The highest BCUT2D eigenvalue weighted by atomic mass is 16.4. The highest BCUT2D eigenvalue weighted by Crippen LogP contribution is 2.32. The lowest BCUT2D eigenvalue weighted by Gasteiger charge is -2.35. The number of hydrogen-bond donors (Lipinski definition) is 3. The minimum Gasteiger partial charge on any atom is -0.424 e. The third-order valence-electron chi connectivity index (χ3n) is 3.90. The van der Waals surface area contributed by atoms with Crippen molar-refractivity contribution in [3.05, 3.63) is 18.2 Å². The fraction of sp³-hybridized carbons (Fsp3) is 0.500. The molecule has 0 saturated heterocycles. The predicted molar refractivity (Wildman–Crippen MR) is 74.9 cm³/mol. The van der Waals surface area contributed by atoms with Crippen molar-refractivity contribution in [2.75, 3.05) is 17.7 Å². The van der Waals surface area contributed by atoms with E-state index in [4.69, 9.17) is 10.2 Å². The first-order chi connectivity index (χ1) is 9.21. The summed E-state index contributed by atoms with van der Waals surface area (Å²) < 4.78 is 5.66. The molecule has 0 radical (unpaired) electrons. The Morgan fingerprint density at radius 2 is 2.11 bits per heavy atom. The maximum Gasteiger partial charge on any atom is 0.296 e. The highest BCUT2D eigenvalue weighted by molar-refractivity contribution is 5.78. The van der Waals surface area contributed by atoms with Gasteiger partial charge < -0.3 is 20.6 Å². The summed E-state index contributed by atoms with van der Waals surface area (Å²) in [5.74, 6) is 0. The van der Waals surface area contributed by atoms with Crippen LogP contribution < -0.4 is 11.1 Å². The van der Waals surface area contributed by atoms with Gasteiger partial charge >= 0.3 is 0 Å². The fourth-order valence-electron chi connectivity index (χ4n) is 2.78. The number of aliphatic hydroxyl groups excluding tert-OH is 1. The summed E-state index contributed by atoms with van der Waals surface area (Å²) in [5.41, 5.74) is 7.56. The molecule has 0 bridgehead atoms. The Morgan fingerprint density at radius 1 is 1.32 bits per heavy atom. The van der Waals surface area contributed by atoms with E-state index in [1.807, 2.05) is 6.07 Å². The molecule has 2 aromatic rings. The van der Waals surface area contributed by atoms with Gasteiger partial charge in [-0.15, -0.1) is 0 Å². The highest BCUT2D eigenvalue weighted by Gasteiger charge is 2.32. The van der Waals surface area contributed by atoms with Crippen LogP contribution in [0.4, 0.5) is 11.7 Å². The third kappa shape index (κ3) is 2.38. The lowest BCUT2D eigenvalue weighted by Crippen LogP contribution is -2.43. The summed E-state index contributed by atoms with van der Waals surface area (Å²) in [6.07, 6.45) is 5.38. The predicted octanol–water partition coefficient (Wildman–Crippen LogP) is 2.52. The molecule has 1 aromatic heterocycles. The first kappa shape index (κ1) is 12.3. The van der Waals surface area contributed by atoms with E-state index in [1.165, 1.54) is 6.42 Å². The first-order valence-corrected chi connectivity index (χ1v) is 6.76. The van der Waals surface area contributed by atoms with E-state index in [9.17, 15) is 5.11 Å². The van der Waals surface area contributed by atoms with Gasteiger partial charge in [0.15, 0.2) is 5.58 Å². The van der Waals surface area contributed by atoms with Crippen LogP contribution in [0.2, 0.25) is 0 Å². The van der Waals surface area contributed by atoms with Gasteiger partial charge in [0.25, 0.3) is 6.01 Å². The van der Waals surface area contributed by atoms with Crippen molar-refractivity contribution < 1.29 is 9.52 Å². The summed E-state index contributed by atoms with van der Waals surface area (Å²) in [6.45, 7) is 0.105. The maximum atomic E-state index is 9.67. The van der Waals surface area contributed by atoms with E-state index in [0.29, 0.717) is 17.3 Å². The van der Waals surface area contributed by atoms with Gasteiger partial charge in [0, 0.05) is 5.69 Å². The normalized spacial score (nSPS) is 18.6. The molecule has 0 aliphatic heterocycles. The largest absolute Gasteiger partial charge is 0.424 e. The minimum absolute atomic E-state index is 0.105.